The molecule has 0 aliphatic rings. The summed E-state index contributed by atoms with van der Waals surface area (Å²) in [6, 6.07) is 2.54. The lowest BCUT2D eigenvalue weighted by Crippen LogP contribution is -2.48. The molecule has 27 heavy (non-hydrogen) atoms. The van der Waals surface area contributed by atoms with Crippen LogP contribution in [-0.2, 0) is 22.1 Å². The lowest BCUT2D eigenvalue weighted by molar-refractivity contribution is 0.117. The molecule has 0 saturated heterocycles. The average molecular weight is 429 g/mol. The van der Waals surface area contributed by atoms with Gasteiger partial charge in [0.15, 0.2) is 0 Å². The third-order valence-corrected chi connectivity index (χ3v) is 11.3. The van der Waals surface area contributed by atoms with Crippen molar-refractivity contribution >= 4 is 17.4 Å². The van der Waals surface area contributed by atoms with Crippen LogP contribution in [0, 0.1) is 5.92 Å². The Morgan fingerprint density at radius 3 is 1.56 bits per heavy atom. The van der Waals surface area contributed by atoms with Crippen molar-refractivity contribution in [2.75, 3.05) is 55.2 Å². The van der Waals surface area contributed by atoms with Gasteiger partial charge in [0.1, 0.15) is 0 Å². The Labute approximate surface area is 168 Å². The first kappa shape index (κ1) is 29.3. The van der Waals surface area contributed by atoms with E-state index in [-0.39, 0.29) is 12.0 Å². The minimum atomic E-state index is -2.52. The van der Waals surface area contributed by atoms with E-state index in [0.717, 1.165) is 31.5 Å². The first-order chi connectivity index (χ1) is 12.8. The van der Waals surface area contributed by atoms with Crippen molar-refractivity contribution in [3.63, 3.8) is 0 Å². The molecule has 0 amide bonds. The molecule has 11 heteroatoms. The summed E-state index contributed by atoms with van der Waals surface area (Å²) in [6.07, 6.45) is 2.11. The van der Waals surface area contributed by atoms with Crippen molar-refractivity contribution in [3.05, 3.63) is 0 Å². The Bertz CT molecular complexity index is 328. The summed E-state index contributed by atoms with van der Waals surface area (Å²) < 4.78 is 26.8. The third-order valence-electron chi connectivity index (χ3n) is 4.77. The van der Waals surface area contributed by atoms with E-state index >= 15 is 0 Å². The van der Waals surface area contributed by atoms with Crippen LogP contribution < -0.4 is 22.9 Å². The lowest BCUT2D eigenvalue weighted by atomic mass is 10.1. The summed E-state index contributed by atoms with van der Waals surface area (Å²) in [5.74, 6) is 0.168. The summed E-state index contributed by atoms with van der Waals surface area (Å²) >= 11 is 0. The zero-order valence-corrected chi connectivity index (χ0v) is 20.2. The molecule has 0 spiro atoms. The van der Waals surface area contributed by atoms with Gasteiger partial charge in [-0.25, -0.2) is 0 Å². The van der Waals surface area contributed by atoms with Crippen molar-refractivity contribution < 1.29 is 22.1 Å². The fourth-order valence-electron chi connectivity index (χ4n) is 2.68. The molecular formula is C16H44N4O5Si2. The Hall–Kier alpha value is 0.0738. The molecule has 0 aliphatic heterocycles. The molecule has 0 saturated carbocycles. The van der Waals surface area contributed by atoms with Crippen LogP contribution in [0.3, 0.4) is 0 Å². The molecular weight excluding hydrogens is 384 g/mol. The summed E-state index contributed by atoms with van der Waals surface area (Å²) in [5.41, 5.74) is 22.4. The summed E-state index contributed by atoms with van der Waals surface area (Å²) in [4.78, 5) is 0. The van der Waals surface area contributed by atoms with Crippen LogP contribution in [0.4, 0.5) is 0 Å². The van der Waals surface area contributed by atoms with Gasteiger partial charge in [0, 0.05) is 53.7 Å². The second-order valence-electron chi connectivity index (χ2n) is 6.46. The van der Waals surface area contributed by atoms with E-state index in [4.69, 9.17) is 45.1 Å². The standard InChI is InChI=1S/C8H22N2O3Si.C8H22N2O2Si/c1-7(10)8(5-9)6-14(11-2,12-3)13-4;1-11-13(12-2,8-6-10)7-4-3-5-9/h7-8H,5-6,9-10H2,1-4H3;3-10H2,1-2H3. The second-order valence-corrected chi connectivity index (χ2v) is 13.1. The third kappa shape index (κ3) is 11.6. The number of hydrogen-bond donors (Lipinski definition) is 4. The topological polar surface area (TPSA) is 150 Å². The molecule has 0 rings (SSSR count). The maximum absolute atomic E-state index is 5.79. The van der Waals surface area contributed by atoms with Gasteiger partial charge in [-0.3, -0.25) is 0 Å². The zero-order valence-electron chi connectivity index (χ0n) is 18.2. The van der Waals surface area contributed by atoms with Crippen LogP contribution in [0.15, 0.2) is 0 Å². The van der Waals surface area contributed by atoms with Crippen LogP contribution in [-0.4, -0.2) is 78.6 Å². The van der Waals surface area contributed by atoms with Crippen LogP contribution in [0.25, 0.3) is 0 Å². The monoisotopic (exact) mass is 428 g/mol. The second kappa shape index (κ2) is 17.0. The summed E-state index contributed by atoms with van der Waals surface area (Å²) in [6.45, 7) is 3.82. The van der Waals surface area contributed by atoms with Gasteiger partial charge in [0.2, 0.25) is 0 Å². The molecule has 0 aromatic rings. The van der Waals surface area contributed by atoms with Crippen molar-refractivity contribution in [2.45, 2.75) is 43.9 Å². The molecule has 0 heterocycles. The van der Waals surface area contributed by atoms with Crippen molar-refractivity contribution in [2.24, 2.45) is 28.9 Å². The summed E-state index contributed by atoms with van der Waals surface area (Å²) in [5, 5.41) is 0. The van der Waals surface area contributed by atoms with Gasteiger partial charge in [0.05, 0.1) is 0 Å². The maximum Gasteiger partial charge on any atom is 0.500 e. The highest BCUT2D eigenvalue weighted by Gasteiger charge is 2.41. The Kier molecular flexibility index (Phi) is 18.4. The van der Waals surface area contributed by atoms with Crippen LogP contribution in [0.5, 0.6) is 0 Å². The molecule has 0 aromatic heterocycles. The predicted molar refractivity (Wildman–Crippen MR) is 115 cm³/mol. The van der Waals surface area contributed by atoms with Gasteiger partial charge in [-0.2, -0.15) is 0 Å². The molecule has 0 bridgehead atoms. The van der Waals surface area contributed by atoms with Gasteiger partial charge < -0.3 is 45.1 Å². The quantitative estimate of drug-likeness (QED) is 0.212. The minimum absolute atomic E-state index is 0.0207. The van der Waals surface area contributed by atoms with Gasteiger partial charge in [-0.05, 0) is 44.9 Å². The van der Waals surface area contributed by atoms with Gasteiger partial charge >= 0.3 is 17.4 Å². The van der Waals surface area contributed by atoms with Gasteiger partial charge in [-0.1, -0.05) is 6.42 Å². The Morgan fingerprint density at radius 1 is 0.741 bits per heavy atom. The van der Waals surface area contributed by atoms with E-state index in [1.165, 1.54) is 0 Å². The molecule has 2 atom stereocenters. The van der Waals surface area contributed by atoms with Crippen molar-refractivity contribution in [1.29, 1.82) is 0 Å². The van der Waals surface area contributed by atoms with Gasteiger partial charge in [0.25, 0.3) is 0 Å². The fourth-order valence-corrected chi connectivity index (χ4v) is 7.32. The van der Waals surface area contributed by atoms with E-state index in [1.54, 1.807) is 35.5 Å². The van der Waals surface area contributed by atoms with E-state index in [2.05, 4.69) is 0 Å². The minimum Gasteiger partial charge on any atom is -0.398 e. The zero-order chi connectivity index (χ0) is 21.3. The van der Waals surface area contributed by atoms with Crippen LogP contribution in [0.2, 0.25) is 18.1 Å². The highest BCUT2D eigenvalue weighted by molar-refractivity contribution is 6.67. The molecule has 0 fully saturated rings. The van der Waals surface area contributed by atoms with E-state index < -0.39 is 17.4 Å². The molecule has 2 unspecified atom stereocenters. The van der Waals surface area contributed by atoms with E-state index in [0.29, 0.717) is 19.1 Å². The Morgan fingerprint density at radius 2 is 1.26 bits per heavy atom. The molecule has 0 aromatic carbocycles. The largest absolute Gasteiger partial charge is 0.500 e. The fraction of sp³-hybridized carbons (Fsp3) is 1.00. The predicted octanol–water partition coefficient (Wildman–Crippen LogP) is 0.206. The lowest BCUT2D eigenvalue weighted by Gasteiger charge is -2.29. The van der Waals surface area contributed by atoms with E-state index in [9.17, 15) is 0 Å². The molecule has 0 radical (unpaired) electrons. The molecule has 0 aliphatic carbocycles. The molecule has 9 nitrogen and oxygen atoms in total. The Balaban J connectivity index is 0. The normalized spacial score (nSPS) is 14.4. The maximum atomic E-state index is 5.79. The summed E-state index contributed by atoms with van der Waals surface area (Å²) in [7, 11) is 3.72. The molecule has 166 valence electrons. The average Bonchev–Trinajstić information content (AvgIpc) is 2.69. The van der Waals surface area contributed by atoms with Crippen LogP contribution in [0.1, 0.15) is 19.8 Å². The first-order valence-corrected chi connectivity index (χ1v) is 13.6. The number of nitrogens with two attached hydrogens (primary N) is 4. The molecule has 8 N–H and O–H groups in total. The van der Waals surface area contributed by atoms with Crippen LogP contribution >= 0.6 is 0 Å². The number of hydrogen-bond acceptors (Lipinski definition) is 9. The van der Waals surface area contributed by atoms with Crippen molar-refractivity contribution in [1.82, 2.24) is 0 Å². The SMILES string of the molecule is CO[Si](CC(CN)C(C)N)(OC)OC.CO[Si](CCN)(CCCCN)OC. The number of rotatable bonds is 15. The number of unbranched alkanes of at least 4 members (excludes halogenated alkanes) is 1. The van der Waals surface area contributed by atoms with Gasteiger partial charge in [-0.15, -0.1) is 0 Å². The highest BCUT2D eigenvalue weighted by atomic mass is 28.4. The highest BCUT2D eigenvalue weighted by Crippen LogP contribution is 2.21. The van der Waals surface area contributed by atoms with Crippen molar-refractivity contribution in [3.8, 4) is 0 Å². The van der Waals surface area contributed by atoms with E-state index in [1.807, 2.05) is 6.92 Å². The smallest absolute Gasteiger partial charge is 0.398 e. The first-order valence-electron chi connectivity index (χ1n) is 9.41.